The maximum Gasteiger partial charge on any atom is 0.327 e. The highest BCUT2D eigenvalue weighted by Crippen LogP contribution is 2.10. The summed E-state index contributed by atoms with van der Waals surface area (Å²) >= 11 is 0. The van der Waals surface area contributed by atoms with E-state index < -0.39 is 17.6 Å². The lowest BCUT2D eigenvalue weighted by atomic mass is 10.1. The van der Waals surface area contributed by atoms with E-state index in [2.05, 4.69) is 0 Å². The highest BCUT2D eigenvalue weighted by molar-refractivity contribution is 5.79. The zero-order chi connectivity index (χ0) is 11.3. The van der Waals surface area contributed by atoms with E-state index in [1.807, 2.05) is 0 Å². The molecule has 1 N–H and O–H groups in total. The standard InChI is InChI=1S/C11H10F2O2/c12-9-6-5-8(7-10(9)13)3-1-2-4-11(14)15/h2,4-7H,1,3H2,(H,14,15). The minimum absolute atomic E-state index is 0.484. The van der Waals surface area contributed by atoms with Crippen molar-refractivity contribution in [2.75, 3.05) is 0 Å². The van der Waals surface area contributed by atoms with Crippen LogP contribution in [0.4, 0.5) is 8.78 Å². The SMILES string of the molecule is O=C(O)C=CCCc1ccc(F)c(F)c1. The molecular formula is C11H10F2O2. The zero-order valence-corrected chi connectivity index (χ0v) is 7.91. The molecular weight excluding hydrogens is 202 g/mol. The van der Waals surface area contributed by atoms with Gasteiger partial charge in [0, 0.05) is 6.08 Å². The Hall–Kier alpha value is -1.71. The number of aliphatic carboxylic acids is 1. The molecule has 0 aromatic heterocycles. The van der Waals surface area contributed by atoms with E-state index in [4.69, 9.17) is 5.11 Å². The van der Waals surface area contributed by atoms with Crippen molar-refractivity contribution in [1.29, 1.82) is 0 Å². The molecule has 80 valence electrons. The van der Waals surface area contributed by atoms with Crippen LogP contribution in [0.1, 0.15) is 12.0 Å². The molecule has 0 saturated carbocycles. The van der Waals surface area contributed by atoms with Gasteiger partial charge in [-0.3, -0.25) is 0 Å². The molecule has 0 atom stereocenters. The fourth-order valence-corrected chi connectivity index (χ4v) is 1.13. The van der Waals surface area contributed by atoms with Crippen molar-refractivity contribution in [3.63, 3.8) is 0 Å². The van der Waals surface area contributed by atoms with Crippen LogP contribution >= 0.6 is 0 Å². The normalized spacial score (nSPS) is 10.8. The summed E-state index contributed by atoms with van der Waals surface area (Å²) in [5, 5.41) is 8.29. The van der Waals surface area contributed by atoms with E-state index in [0.29, 0.717) is 18.4 Å². The molecule has 0 bridgehead atoms. The summed E-state index contributed by atoms with van der Waals surface area (Å²) in [6, 6.07) is 3.66. The second-order valence-corrected chi connectivity index (χ2v) is 3.03. The maximum absolute atomic E-state index is 12.7. The number of carbonyl (C=O) groups is 1. The summed E-state index contributed by atoms with van der Waals surface area (Å²) in [6.07, 6.45) is 3.47. The summed E-state index contributed by atoms with van der Waals surface area (Å²) < 4.78 is 25.3. The largest absolute Gasteiger partial charge is 0.478 e. The van der Waals surface area contributed by atoms with E-state index in [1.54, 1.807) is 0 Å². The molecule has 1 rings (SSSR count). The summed E-state index contributed by atoms with van der Waals surface area (Å²) in [4.78, 5) is 10.1. The second-order valence-electron chi connectivity index (χ2n) is 3.03. The van der Waals surface area contributed by atoms with E-state index in [-0.39, 0.29) is 0 Å². The summed E-state index contributed by atoms with van der Waals surface area (Å²) in [7, 11) is 0. The van der Waals surface area contributed by atoms with Crippen LogP contribution in [-0.2, 0) is 11.2 Å². The average Bonchev–Trinajstić information content (AvgIpc) is 2.18. The Morgan fingerprint density at radius 1 is 1.33 bits per heavy atom. The van der Waals surface area contributed by atoms with E-state index >= 15 is 0 Å². The van der Waals surface area contributed by atoms with Crippen LogP contribution in [0.2, 0.25) is 0 Å². The lowest BCUT2D eigenvalue weighted by molar-refractivity contribution is -0.131. The lowest BCUT2D eigenvalue weighted by Crippen LogP contribution is -1.90. The number of allylic oxidation sites excluding steroid dienone is 1. The molecule has 15 heavy (non-hydrogen) atoms. The number of carboxylic acid groups (broad SMARTS) is 1. The Bertz CT molecular complexity index is 386. The van der Waals surface area contributed by atoms with Crippen molar-refractivity contribution in [2.24, 2.45) is 0 Å². The molecule has 4 heteroatoms. The van der Waals surface area contributed by atoms with E-state index in [0.717, 1.165) is 18.2 Å². The molecule has 0 saturated heterocycles. The minimum atomic E-state index is -1.01. The summed E-state index contributed by atoms with van der Waals surface area (Å²) in [5.74, 6) is -2.77. The van der Waals surface area contributed by atoms with Gasteiger partial charge in [-0.15, -0.1) is 0 Å². The van der Waals surface area contributed by atoms with Crippen LogP contribution in [0.15, 0.2) is 30.4 Å². The Morgan fingerprint density at radius 2 is 2.07 bits per heavy atom. The van der Waals surface area contributed by atoms with Gasteiger partial charge in [-0.05, 0) is 30.5 Å². The molecule has 0 spiro atoms. The molecule has 0 fully saturated rings. The predicted molar refractivity (Wildman–Crippen MR) is 51.5 cm³/mol. The van der Waals surface area contributed by atoms with Crippen molar-refractivity contribution in [3.8, 4) is 0 Å². The first kappa shape index (κ1) is 11.4. The molecule has 0 radical (unpaired) electrons. The third-order valence-corrected chi connectivity index (χ3v) is 1.84. The third-order valence-electron chi connectivity index (χ3n) is 1.84. The number of hydrogen-bond acceptors (Lipinski definition) is 1. The molecule has 2 nitrogen and oxygen atoms in total. The number of benzene rings is 1. The van der Waals surface area contributed by atoms with Crippen molar-refractivity contribution in [3.05, 3.63) is 47.5 Å². The van der Waals surface area contributed by atoms with E-state index in [9.17, 15) is 13.6 Å². The number of halogens is 2. The first-order valence-corrected chi connectivity index (χ1v) is 4.43. The highest BCUT2D eigenvalue weighted by atomic mass is 19.2. The van der Waals surface area contributed by atoms with Crippen LogP contribution in [-0.4, -0.2) is 11.1 Å². The van der Waals surface area contributed by atoms with Gasteiger partial charge >= 0.3 is 5.97 Å². The monoisotopic (exact) mass is 212 g/mol. The van der Waals surface area contributed by atoms with Gasteiger partial charge in [-0.2, -0.15) is 0 Å². The van der Waals surface area contributed by atoms with Gasteiger partial charge in [0.2, 0.25) is 0 Å². The first-order chi connectivity index (χ1) is 7.09. The Balaban J connectivity index is 2.51. The fourth-order valence-electron chi connectivity index (χ4n) is 1.13. The lowest BCUT2D eigenvalue weighted by Gasteiger charge is -1.98. The van der Waals surface area contributed by atoms with Gasteiger partial charge in [0.25, 0.3) is 0 Å². The molecule has 1 aromatic rings. The van der Waals surface area contributed by atoms with Gasteiger partial charge in [-0.1, -0.05) is 12.1 Å². The fraction of sp³-hybridized carbons (Fsp3) is 0.182. The molecule has 1 aromatic carbocycles. The van der Waals surface area contributed by atoms with E-state index in [1.165, 1.54) is 12.1 Å². The molecule has 0 heterocycles. The smallest absolute Gasteiger partial charge is 0.327 e. The molecule has 0 aliphatic rings. The second kappa shape index (κ2) is 5.24. The average molecular weight is 212 g/mol. The molecule has 0 amide bonds. The zero-order valence-electron chi connectivity index (χ0n) is 7.91. The summed E-state index contributed by atoms with van der Waals surface area (Å²) in [6.45, 7) is 0. The quantitative estimate of drug-likeness (QED) is 0.778. The van der Waals surface area contributed by atoms with Gasteiger partial charge < -0.3 is 5.11 Å². The molecule has 0 aliphatic heterocycles. The first-order valence-electron chi connectivity index (χ1n) is 4.43. The van der Waals surface area contributed by atoms with Crippen LogP contribution in [0.3, 0.4) is 0 Å². The molecule has 0 aliphatic carbocycles. The van der Waals surface area contributed by atoms with Crippen LogP contribution in [0.25, 0.3) is 0 Å². The highest BCUT2D eigenvalue weighted by Gasteiger charge is 2.01. The molecule has 0 unspecified atom stereocenters. The van der Waals surface area contributed by atoms with Gasteiger partial charge in [-0.25, -0.2) is 13.6 Å². The van der Waals surface area contributed by atoms with Crippen LogP contribution in [0, 0.1) is 11.6 Å². The number of aryl methyl sites for hydroxylation is 1. The number of carboxylic acids is 1. The van der Waals surface area contributed by atoms with Crippen LogP contribution < -0.4 is 0 Å². The number of hydrogen-bond donors (Lipinski definition) is 1. The Morgan fingerprint density at radius 3 is 2.67 bits per heavy atom. The van der Waals surface area contributed by atoms with Crippen molar-refractivity contribution in [2.45, 2.75) is 12.8 Å². The van der Waals surface area contributed by atoms with Gasteiger partial charge in [0.05, 0.1) is 0 Å². The number of rotatable bonds is 4. The predicted octanol–water partition coefficient (Wildman–Crippen LogP) is 2.54. The van der Waals surface area contributed by atoms with Gasteiger partial charge in [0.15, 0.2) is 11.6 Å². The van der Waals surface area contributed by atoms with Crippen molar-refractivity contribution in [1.82, 2.24) is 0 Å². The summed E-state index contributed by atoms with van der Waals surface area (Å²) in [5.41, 5.74) is 0.643. The topological polar surface area (TPSA) is 37.3 Å². The maximum atomic E-state index is 12.7. The third kappa shape index (κ3) is 3.89. The van der Waals surface area contributed by atoms with Crippen molar-refractivity contribution < 1.29 is 18.7 Å². The van der Waals surface area contributed by atoms with Crippen LogP contribution in [0.5, 0.6) is 0 Å². The Kier molecular flexibility index (Phi) is 3.97. The van der Waals surface area contributed by atoms with Crippen molar-refractivity contribution >= 4 is 5.97 Å². The Labute approximate surface area is 85.9 Å². The van der Waals surface area contributed by atoms with Gasteiger partial charge in [0.1, 0.15) is 0 Å². The minimum Gasteiger partial charge on any atom is -0.478 e.